The topological polar surface area (TPSA) is 64.1 Å². The van der Waals surface area contributed by atoms with E-state index in [-0.39, 0.29) is 29.9 Å². The number of hydrogen-bond donors (Lipinski definition) is 2. The van der Waals surface area contributed by atoms with E-state index in [2.05, 4.69) is 53.7 Å². The van der Waals surface area contributed by atoms with Crippen LogP contribution in [0.2, 0.25) is 0 Å². The molecule has 2 N–H and O–H groups in total. The molecule has 2 aromatic rings. The lowest BCUT2D eigenvalue weighted by atomic mass is 10.0. The molecule has 6 nitrogen and oxygen atoms in total. The van der Waals surface area contributed by atoms with Crippen LogP contribution in [0.3, 0.4) is 0 Å². The Morgan fingerprint density at radius 1 is 1.03 bits per heavy atom. The van der Waals surface area contributed by atoms with Crippen molar-refractivity contribution in [3.05, 3.63) is 59.2 Å². The Bertz CT molecular complexity index is 814. The van der Waals surface area contributed by atoms with Gasteiger partial charge in [-0.2, -0.15) is 0 Å². The molecule has 2 rings (SSSR count). The molecule has 172 valence electrons. The third kappa shape index (κ3) is 8.95. The summed E-state index contributed by atoms with van der Waals surface area (Å²) in [6.45, 7) is 6.94. The van der Waals surface area contributed by atoms with Crippen LogP contribution in [0.5, 0.6) is 11.5 Å². The molecule has 0 aliphatic rings. The minimum atomic E-state index is 0. The van der Waals surface area contributed by atoms with Gasteiger partial charge in [-0.1, -0.05) is 37.3 Å². The second kappa shape index (κ2) is 14.9. The largest absolute Gasteiger partial charge is 0.496 e. The zero-order valence-corrected chi connectivity index (χ0v) is 21.6. The number of aryl methyl sites for hydroxylation is 1. The van der Waals surface area contributed by atoms with E-state index >= 15 is 0 Å². The van der Waals surface area contributed by atoms with Gasteiger partial charge in [-0.05, 0) is 30.2 Å². The van der Waals surface area contributed by atoms with Gasteiger partial charge in [0.1, 0.15) is 11.5 Å². The molecule has 1 unspecified atom stereocenters. The van der Waals surface area contributed by atoms with Crippen molar-refractivity contribution < 1.29 is 14.2 Å². The Hall–Kier alpha value is -2.00. The van der Waals surface area contributed by atoms with E-state index in [4.69, 9.17) is 14.2 Å². The number of para-hydroxylation sites is 1. The lowest BCUT2D eigenvalue weighted by Gasteiger charge is -2.19. The summed E-state index contributed by atoms with van der Waals surface area (Å²) in [5.74, 6) is 2.84. The molecule has 31 heavy (non-hydrogen) atoms. The summed E-state index contributed by atoms with van der Waals surface area (Å²) >= 11 is 0. The molecule has 0 fully saturated rings. The molecule has 0 bridgehead atoms. The van der Waals surface area contributed by atoms with Gasteiger partial charge in [0.05, 0.1) is 13.7 Å². The summed E-state index contributed by atoms with van der Waals surface area (Å²) in [6, 6.07) is 14.4. The van der Waals surface area contributed by atoms with Crippen molar-refractivity contribution >= 4 is 29.9 Å². The molecule has 0 aromatic heterocycles. The van der Waals surface area contributed by atoms with E-state index in [0.717, 1.165) is 36.0 Å². The van der Waals surface area contributed by atoms with Gasteiger partial charge in [-0.3, -0.25) is 4.99 Å². The van der Waals surface area contributed by atoms with E-state index in [1.807, 2.05) is 18.2 Å². The summed E-state index contributed by atoms with van der Waals surface area (Å²) in [5, 5.41) is 6.79. The molecule has 0 amide bonds. The molecule has 0 radical (unpaired) electrons. The smallest absolute Gasteiger partial charge is 0.191 e. The lowest BCUT2D eigenvalue weighted by Crippen LogP contribution is -2.38. The van der Waals surface area contributed by atoms with Crippen LogP contribution in [-0.4, -0.2) is 47.0 Å². The number of nitrogens with zero attached hydrogens (tertiary/aromatic N) is 1. The van der Waals surface area contributed by atoms with Gasteiger partial charge in [0, 0.05) is 51.8 Å². The van der Waals surface area contributed by atoms with Crippen molar-refractivity contribution in [2.24, 2.45) is 4.99 Å². The molecule has 7 heteroatoms. The Balaban J connectivity index is 0.00000480. The number of hydrogen-bond acceptors (Lipinski definition) is 4. The molecular weight excluding hydrogens is 505 g/mol. The normalized spacial score (nSPS) is 12.0. The van der Waals surface area contributed by atoms with Crippen LogP contribution in [0.1, 0.15) is 36.0 Å². The fourth-order valence-electron chi connectivity index (χ4n) is 3.16. The molecule has 2 aromatic carbocycles. The Morgan fingerprint density at radius 2 is 1.81 bits per heavy atom. The number of nitrogens with one attached hydrogen (secondary N) is 2. The highest BCUT2D eigenvalue weighted by Crippen LogP contribution is 2.25. The minimum Gasteiger partial charge on any atom is -0.496 e. The number of aliphatic imine (C=N–C) groups is 1. The molecule has 0 saturated carbocycles. The number of benzene rings is 2. The first-order valence-corrected chi connectivity index (χ1v) is 10.4. The van der Waals surface area contributed by atoms with Crippen molar-refractivity contribution in [2.75, 3.05) is 41.0 Å². The van der Waals surface area contributed by atoms with Crippen LogP contribution in [0.15, 0.2) is 47.5 Å². The summed E-state index contributed by atoms with van der Waals surface area (Å²) in [6.07, 6.45) is 0.862. The van der Waals surface area contributed by atoms with Gasteiger partial charge in [0.15, 0.2) is 5.96 Å². The average molecular weight is 541 g/mol. The van der Waals surface area contributed by atoms with Crippen molar-refractivity contribution in [1.82, 2.24) is 10.6 Å². The summed E-state index contributed by atoms with van der Waals surface area (Å²) in [4.78, 5) is 4.35. The van der Waals surface area contributed by atoms with Gasteiger partial charge < -0.3 is 24.8 Å². The maximum atomic E-state index is 5.97. The van der Waals surface area contributed by atoms with E-state index in [1.54, 1.807) is 21.3 Å². The number of guanidine groups is 1. The highest BCUT2D eigenvalue weighted by molar-refractivity contribution is 14.0. The SMILES string of the molecule is CN=C(NCc1ccc(C)cc1OCCCOC)NCC(C)c1ccccc1OC.I. The zero-order chi connectivity index (χ0) is 21.8. The maximum Gasteiger partial charge on any atom is 0.191 e. The number of halogens is 1. The number of ether oxygens (including phenoxy) is 3. The maximum absolute atomic E-state index is 5.97. The Morgan fingerprint density at radius 3 is 2.52 bits per heavy atom. The van der Waals surface area contributed by atoms with Crippen molar-refractivity contribution in [2.45, 2.75) is 32.7 Å². The van der Waals surface area contributed by atoms with E-state index < -0.39 is 0 Å². The monoisotopic (exact) mass is 541 g/mol. The van der Waals surface area contributed by atoms with Crippen LogP contribution in [0, 0.1) is 6.92 Å². The highest BCUT2D eigenvalue weighted by Gasteiger charge is 2.12. The third-order valence-corrected chi connectivity index (χ3v) is 4.89. The van der Waals surface area contributed by atoms with Gasteiger partial charge >= 0.3 is 0 Å². The van der Waals surface area contributed by atoms with E-state index in [0.29, 0.717) is 19.8 Å². The molecule has 0 aliphatic carbocycles. The van der Waals surface area contributed by atoms with Crippen LogP contribution in [0.4, 0.5) is 0 Å². The summed E-state index contributed by atoms with van der Waals surface area (Å²) in [5.41, 5.74) is 3.45. The van der Waals surface area contributed by atoms with E-state index in [1.165, 1.54) is 11.1 Å². The van der Waals surface area contributed by atoms with Crippen LogP contribution in [-0.2, 0) is 11.3 Å². The van der Waals surface area contributed by atoms with Crippen molar-refractivity contribution in [3.63, 3.8) is 0 Å². The first kappa shape index (κ1) is 27.0. The van der Waals surface area contributed by atoms with Gasteiger partial charge in [-0.15, -0.1) is 24.0 Å². The zero-order valence-electron chi connectivity index (χ0n) is 19.2. The average Bonchev–Trinajstić information content (AvgIpc) is 2.77. The predicted octanol–water partition coefficient (Wildman–Crippen LogP) is 4.51. The third-order valence-electron chi connectivity index (χ3n) is 4.89. The molecule has 0 saturated heterocycles. The molecule has 0 aliphatic heterocycles. The number of rotatable bonds is 11. The summed E-state index contributed by atoms with van der Waals surface area (Å²) in [7, 11) is 5.19. The second-order valence-corrected chi connectivity index (χ2v) is 7.26. The fraction of sp³-hybridized carbons (Fsp3) is 0.458. The second-order valence-electron chi connectivity index (χ2n) is 7.26. The quantitative estimate of drug-likeness (QED) is 0.190. The Kier molecular flexibility index (Phi) is 13.0. The lowest BCUT2D eigenvalue weighted by molar-refractivity contribution is 0.171. The predicted molar refractivity (Wildman–Crippen MR) is 138 cm³/mol. The van der Waals surface area contributed by atoms with Gasteiger partial charge in [0.25, 0.3) is 0 Å². The van der Waals surface area contributed by atoms with Crippen LogP contribution >= 0.6 is 24.0 Å². The standard InChI is InChI=1S/C24H35N3O3.HI/c1-18-11-12-20(23(15-18)30-14-8-13-28-4)17-27-24(25-3)26-16-19(2)21-9-6-7-10-22(21)29-5;/h6-7,9-12,15,19H,8,13-14,16-17H2,1-5H3,(H2,25,26,27);1H. The minimum absolute atomic E-state index is 0. The van der Waals surface area contributed by atoms with Crippen molar-refractivity contribution in [3.8, 4) is 11.5 Å². The number of methoxy groups -OCH3 is 2. The molecular formula is C24H36IN3O3. The van der Waals surface area contributed by atoms with Gasteiger partial charge in [0.2, 0.25) is 0 Å². The first-order valence-electron chi connectivity index (χ1n) is 10.4. The highest BCUT2D eigenvalue weighted by atomic mass is 127. The van der Waals surface area contributed by atoms with E-state index in [9.17, 15) is 0 Å². The molecule has 1 atom stereocenters. The molecule has 0 spiro atoms. The van der Waals surface area contributed by atoms with Gasteiger partial charge in [-0.25, -0.2) is 0 Å². The first-order chi connectivity index (χ1) is 14.6. The van der Waals surface area contributed by atoms with Crippen molar-refractivity contribution in [1.29, 1.82) is 0 Å². The Labute approximate surface area is 203 Å². The van der Waals surface area contributed by atoms with Crippen LogP contribution in [0.25, 0.3) is 0 Å². The fourth-order valence-corrected chi connectivity index (χ4v) is 3.16. The summed E-state index contributed by atoms with van der Waals surface area (Å²) < 4.78 is 16.5. The molecule has 0 heterocycles. The van der Waals surface area contributed by atoms with Crippen LogP contribution < -0.4 is 20.1 Å².